The Hall–Kier alpha value is -1.72. The molecule has 0 atom stereocenters. The average Bonchev–Trinajstić information content (AvgIpc) is 2.73. The second kappa shape index (κ2) is 5.11. The van der Waals surface area contributed by atoms with Crippen LogP contribution in [-0.4, -0.2) is 39.5 Å². The number of carbonyl (C=O) groups is 1. The zero-order valence-electron chi connectivity index (χ0n) is 11.7. The standard InChI is InChI=1S/C13H21N3O3/c1-13(2,3)19-12(18)15-8-5-10(6-9-15)16-11(17)4-7-14-16/h4,7,10,14H,5-6,8-9H2,1-3H3. The van der Waals surface area contributed by atoms with Crippen molar-refractivity contribution in [2.24, 2.45) is 0 Å². The number of hydrogen-bond donors (Lipinski definition) is 1. The molecule has 1 aliphatic rings. The number of ether oxygens (including phenoxy) is 1. The molecule has 0 saturated carbocycles. The van der Waals surface area contributed by atoms with Crippen LogP contribution in [0.4, 0.5) is 4.79 Å². The lowest BCUT2D eigenvalue weighted by molar-refractivity contribution is 0.0184. The minimum Gasteiger partial charge on any atom is -0.444 e. The number of aromatic nitrogens is 2. The van der Waals surface area contributed by atoms with Gasteiger partial charge in [-0.1, -0.05) is 0 Å². The topological polar surface area (TPSA) is 67.3 Å². The van der Waals surface area contributed by atoms with Gasteiger partial charge in [-0.2, -0.15) is 0 Å². The molecule has 19 heavy (non-hydrogen) atoms. The quantitative estimate of drug-likeness (QED) is 0.843. The van der Waals surface area contributed by atoms with E-state index in [2.05, 4.69) is 5.10 Å². The molecule has 1 fully saturated rings. The van der Waals surface area contributed by atoms with Crippen LogP contribution in [0.15, 0.2) is 17.1 Å². The van der Waals surface area contributed by atoms with Crippen molar-refractivity contribution in [1.29, 1.82) is 0 Å². The van der Waals surface area contributed by atoms with Gasteiger partial charge in [0.2, 0.25) is 0 Å². The normalized spacial score (nSPS) is 17.5. The van der Waals surface area contributed by atoms with Crippen LogP contribution in [-0.2, 0) is 4.74 Å². The van der Waals surface area contributed by atoms with E-state index < -0.39 is 5.60 Å². The summed E-state index contributed by atoms with van der Waals surface area (Å²) in [5.74, 6) is 0. The van der Waals surface area contributed by atoms with Crippen LogP contribution in [0.2, 0.25) is 0 Å². The predicted molar refractivity (Wildman–Crippen MR) is 71.1 cm³/mol. The van der Waals surface area contributed by atoms with Crippen LogP contribution in [0.3, 0.4) is 0 Å². The summed E-state index contributed by atoms with van der Waals surface area (Å²) in [7, 11) is 0. The van der Waals surface area contributed by atoms with Crippen LogP contribution in [0.1, 0.15) is 39.7 Å². The fourth-order valence-corrected chi connectivity index (χ4v) is 2.25. The molecule has 1 aromatic rings. The van der Waals surface area contributed by atoms with E-state index in [0.717, 1.165) is 12.8 Å². The minimum atomic E-state index is -0.468. The number of nitrogens with zero attached hydrogens (tertiary/aromatic N) is 2. The lowest BCUT2D eigenvalue weighted by atomic mass is 10.1. The molecule has 1 aromatic heterocycles. The van der Waals surface area contributed by atoms with Crippen molar-refractivity contribution >= 4 is 6.09 Å². The zero-order chi connectivity index (χ0) is 14.0. The number of rotatable bonds is 1. The maximum atomic E-state index is 11.9. The summed E-state index contributed by atoms with van der Waals surface area (Å²) >= 11 is 0. The summed E-state index contributed by atoms with van der Waals surface area (Å²) in [6.45, 7) is 6.80. The maximum Gasteiger partial charge on any atom is 0.410 e. The Morgan fingerprint density at radius 1 is 1.37 bits per heavy atom. The van der Waals surface area contributed by atoms with Gasteiger partial charge in [0, 0.05) is 25.4 Å². The molecular weight excluding hydrogens is 246 g/mol. The third kappa shape index (κ3) is 3.39. The van der Waals surface area contributed by atoms with Gasteiger partial charge in [0.05, 0.1) is 6.04 Å². The molecular formula is C13H21N3O3. The number of likely N-dealkylation sites (tertiary alicyclic amines) is 1. The monoisotopic (exact) mass is 267 g/mol. The number of carbonyl (C=O) groups excluding carboxylic acids is 1. The molecule has 0 aliphatic carbocycles. The van der Waals surface area contributed by atoms with Gasteiger partial charge in [-0.25, -0.2) is 4.79 Å². The molecule has 1 aliphatic heterocycles. The van der Waals surface area contributed by atoms with Gasteiger partial charge >= 0.3 is 6.09 Å². The molecule has 106 valence electrons. The largest absolute Gasteiger partial charge is 0.444 e. The Morgan fingerprint density at radius 3 is 2.47 bits per heavy atom. The molecule has 6 nitrogen and oxygen atoms in total. The molecule has 1 saturated heterocycles. The van der Waals surface area contributed by atoms with E-state index in [-0.39, 0.29) is 17.7 Å². The van der Waals surface area contributed by atoms with Gasteiger partial charge in [-0.15, -0.1) is 0 Å². The van der Waals surface area contributed by atoms with E-state index in [1.54, 1.807) is 15.8 Å². The minimum absolute atomic E-state index is 0.0179. The van der Waals surface area contributed by atoms with Crippen molar-refractivity contribution in [1.82, 2.24) is 14.7 Å². The molecule has 0 spiro atoms. The maximum absolute atomic E-state index is 11.9. The zero-order valence-corrected chi connectivity index (χ0v) is 11.7. The van der Waals surface area contributed by atoms with Crippen molar-refractivity contribution in [2.75, 3.05) is 13.1 Å². The van der Waals surface area contributed by atoms with Gasteiger partial charge in [-0.05, 0) is 33.6 Å². The molecule has 0 radical (unpaired) electrons. The highest BCUT2D eigenvalue weighted by molar-refractivity contribution is 5.68. The molecule has 2 heterocycles. The van der Waals surface area contributed by atoms with E-state index in [0.29, 0.717) is 13.1 Å². The van der Waals surface area contributed by atoms with E-state index in [9.17, 15) is 9.59 Å². The number of piperidine rings is 1. The van der Waals surface area contributed by atoms with E-state index >= 15 is 0 Å². The summed E-state index contributed by atoms with van der Waals surface area (Å²) in [4.78, 5) is 25.2. The summed E-state index contributed by atoms with van der Waals surface area (Å²) in [6, 6.07) is 1.65. The first-order valence-corrected chi connectivity index (χ1v) is 6.61. The molecule has 0 unspecified atom stereocenters. The summed E-state index contributed by atoms with van der Waals surface area (Å²) in [5.41, 5.74) is -0.486. The van der Waals surface area contributed by atoms with Crippen molar-refractivity contribution in [3.8, 4) is 0 Å². The van der Waals surface area contributed by atoms with Crippen molar-refractivity contribution in [3.63, 3.8) is 0 Å². The van der Waals surface area contributed by atoms with Crippen molar-refractivity contribution in [2.45, 2.75) is 45.3 Å². The fraction of sp³-hybridized carbons (Fsp3) is 0.692. The summed E-state index contributed by atoms with van der Waals surface area (Å²) in [5, 5.41) is 2.93. The highest BCUT2D eigenvalue weighted by Crippen LogP contribution is 2.21. The first-order chi connectivity index (χ1) is 8.87. The molecule has 0 bridgehead atoms. The lowest BCUT2D eigenvalue weighted by Gasteiger charge is -2.33. The van der Waals surface area contributed by atoms with Crippen LogP contribution in [0, 0.1) is 0 Å². The van der Waals surface area contributed by atoms with E-state index in [1.165, 1.54) is 6.07 Å². The van der Waals surface area contributed by atoms with Gasteiger partial charge < -0.3 is 14.7 Å². The summed E-state index contributed by atoms with van der Waals surface area (Å²) in [6.07, 6.45) is 2.90. The number of hydrogen-bond acceptors (Lipinski definition) is 3. The smallest absolute Gasteiger partial charge is 0.410 e. The SMILES string of the molecule is CC(C)(C)OC(=O)N1CCC(n2[nH]ccc2=O)CC1. The number of aromatic amines is 1. The van der Waals surface area contributed by atoms with E-state index in [1.807, 2.05) is 20.8 Å². The Balaban J connectivity index is 1.91. The first kappa shape index (κ1) is 13.7. The number of H-pyrrole nitrogens is 1. The molecule has 1 amide bonds. The molecule has 2 rings (SSSR count). The van der Waals surface area contributed by atoms with Crippen LogP contribution in [0.5, 0.6) is 0 Å². The second-order valence-electron chi connectivity index (χ2n) is 5.87. The molecule has 0 aromatic carbocycles. The number of nitrogens with one attached hydrogen (secondary N) is 1. The highest BCUT2D eigenvalue weighted by Gasteiger charge is 2.27. The first-order valence-electron chi connectivity index (χ1n) is 6.61. The van der Waals surface area contributed by atoms with Gasteiger partial charge in [0.1, 0.15) is 5.60 Å². The highest BCUT2D eigenvalue weighted by atomic mass is 16.6. The van der Waals surface area contributed by atoms with Gasteiger partial charge in [0.25, 0.3) is 5.56 Å². The lowest BCUT2D eigenvalue weighted by Crippen LogP contribution is -2.43. The van der Waals surface area contributed by atoms with Crippen molar-refractivity contribution < 1.29 is 9.53 Å². The fourth-order valence-electron chi connectivity index (χ4n) is 2.25. The third-order valence-corrected chi connectivity index (χ3v) is 3.16. The van der Waals surface area contributed by atoms with Crippen LogP contribution >= 0.6 is 0 Å². The van der Waals surface area contributed by atoms with Crippen LogP contribution in [0.25, 0.3) is 0 Å². The van der Waals surface area contributed by atoms with Crippen molar-refractivity contribution in [3.05, 3.63) is 22.6 Å². The van der Waals surface area contributed by atoms with Gasteiger partial charge in [0.15, 0.2) is 0 Å². The molecule has 6 heteroatoms. The number of amides is 1. The van der Waals surface area contributed by atoms with E-state index in [4.69, 9.17) is 4.74 Å². The second-order valence-corrected chi connectivity index (χ2v) is 5.87. The van der Waals surface area contributed by atoms with Crippen LogP contribution < -0.4 is 5.56 Å². The molecule has 1 N–H and O–H groups in total. The average molecular weight is 267 g/mol. The predicted octanol–water partition coefficient (Wildman–Crippen LogP) is 1.75. The Kier molecular flexibility index (Phi) is 3.68. The van der Waals surface area contributed by atoms with Gasteiger partial charge in [-0.3, -0.25) is 9.48 Å². The Labute approximate surface area is 112 Å². The summed E-state index contributed by atoms with van der Waals surface area (Å²) < 4.78 is 6.97. The Morgan fingerprint density at radius 2 is 2.00 bits per heavy atom. The Bertz CT molecular complexity index is 490. The third-order valence-electron chi connectivity index (χ3n) is 3.16.